The topological polar surface area (TPSA) is 68.7 Å². The van der Waals surface area contributed by atoms with Gasteiger partial charge in [-0.25, -0.2) is 4.79 Å². The fourth-order valence-corrected chi connectivity index (χ4v) is 2.27. The van der Waals surface area contributed by atoms with E-state index in [1.165, 1.54) is 0 Å². The van der Waals surface area contributed by atoms with Crippen LogP contribution in [0, 0.1) is 0 Å². The third kappa shape index (κ3) is 1.09. The van der Waals surface area contributed by atoms with Crippen LogP contribution in [0.15, 0.2) is 11.2 Å². The van der Waals surface area contributed by atoms with Gasteiger partial charge in [0.05, 0.1) is 17.7 Å². The number of carboxylic acids is 1. The van der Waals surface area contributed by atoms with Gasteiger partial charge in [-0.3, -0.25) is 4.99 Å². The van der Waals surface area contributed by atoms with E-state index in [9.17, 15) is 4.79 Å². The van der Waals surface area contributed by atoms with Gasteiger partial charge >= 0.3 is 5.97 Å². The second-order valence-corrected chi connectivity index (χ2v) is 3.80. The average molecular weight is 205 g/mol. The summed E-state index contributed by atoms with van der Waals surface area (Å²) in [6, 6.07) is 0. The number of rotatable bonds is 1. The summed E-state index contributed by atoms with van der Waals surface area (Å²) in [6.45, 7) is 2.63. The molecule has 0 fully saturated rings. The molecule has 1 aromatic heterocycles. The molecule has 2 N–H and O–H groups in total. The van der Waals surface area contributed by atoms with Crippen molar-refractivity contribution >= 4 is 11.8 Å². The van der Waals surface area contributed by atoms with Crippen LogP contribution in [-0.4, -0.2) is 46.4 Å². The highest BCUT2D eigenvalue weighted by Crippen LogP contribution is 2.24. The summed E-state index contributed by atoms with van der Waals surface area (Å²) >= 11 is 0. The van der Waals surface area contributed by atoms with Crippen LogP contribution >= 0.6 is 0 Å². The van der Waals surface area contributed by atoms with E-state index in [4.69, 9.17) is 5.11 Å². The monoisotopic (exact) mass is 205 g/mol. The van der Waals surface area contributed by atoms with E-state index < -0.39 is 5.97 Å². The Balaban J connectivity index is 2.18. The van der Waals surface area contributed by atoms with Crippen LogP contribution in [0.5, 0.6) is 0 Å². The summed E-state index contributed by atoms with van der Waals surface area (Å²) < 4.78 is 0. The number of carboxylic acid groups (broad SMARTS) is 1. The van der Waals surface area contributed by atoms with Crippen LogP contribution in [0.25, 0.3) is 0 Å². The predicted octanol–water partition coefficient (Wildman–Crippen LogP) is 0.331. The quantitative estimate of drug-likeness (QED) is 0.694. The summed E-state index contributed by atoms with van der Waals surface area (Å²) in [5.74, 6) is -0.0288. The maximum Gasteiger partial charge on any atom is 0.337 e. The molecule has 0 bridgehead atoms. The number of H-pyrrole nitrogens is 1. The largest absolute Gasteiger partial charge is 0.478 e. The molecule has 0 saturated heterocycles. The van der Waals surface area contributed by atoms with Gasteiger partial charge in [-0.05, 0) is 0 Å². The molecule has 3 rings (SSSR count). The third-order valence-electron chi connectivity index (χ3n) is 2.98. The van der Waals surface area contributed by atoms with Crippen LogP contribution in [0.3, 0.4) is 0 Å². The zero-order chi connectivity index (χ0) is 10.4. The van der Waals surface area contributed by atoms with Crippen molar-refractivity contribution in [3.05, 3.63) is 23.0 Å². The molecule has 0 amide bonds. The minimum Gasteiger partial charge on any atom is -0.478 e. The number of fused-ring (bicyclic) bond motifs is 3. The number of aromatic carboxylic acids is 1. The van der Waals surface area contributed by atoms with Gasteiger partial charge in [0.1, 0.15) is 5.84 Å². The van der Waals surface area contributed by atoms with Gasteiger partial charge in [0.15, 0.2) is 0 Å². The number of aliphatic imine (C=N–C) groups is 1. The SMILES string of the molecule is O=C(O)c1c[nH]c2c1C1=NCCN1CC2. The van der Waals surface area contributed by atoms with E-state index in [1.54, 1.807) is 6.20 Å². The van der Waals surface area contributed by atoms with Gasteiger partial charge in [-0.15, -0.1) is 0 Å². The summed E-state index contributed by atoms with van der Waals surface area (Å²) in [5, 5.41) is 9.06. The van der Waals surface area contributed by atoms with E-state index in [-0.39, 0.29) is 0 Å². The van der Waals surface area contributed by atoms with Gasteiger partial charge in [-0.1, -0.05) is 0 Å². The lowest BCUT2D eigenvalue weighted by Crippen LogP contribution is -2.35. The van der Waals surface area contributed by atoms with Crippen LogP contribution in [0.4, 0.5) is 0 Å². The third-order valence-corrected chi connectivity index (χ3v) is 2.98. The Morgan fingerprint density at radius 3 is 3.20 bits per heavy atom. The van der Waals surface area contributed by atoms with Crippen molar-refractivity contribution in [3.8, 4) is 0 Å². The zero-order valence-corrected chi connectivity index (χ0v) is 8.16. The first-order valence-corrected chi connectivity index (χ1v) is 5.00. The van der Waals surface area contributed by atoms with Gasteiger partial charge in [0.25, 0.3) is 0 Å². The van der Waals surface area contributed by atoms with Gasteiger partial charge in [-0.2, -0.15) is 0 Å². The average Bonchev–Trinajstić information content (AvgIpc) is 2.82. The zero-order valence-electron chi connectivity index (χ0n) is 8.16. The molecule has 1 aromatic rings. The summed E-state index contributed by atoms with van der Waals surface area (Å²) in [4.78, 5) is 20.6. The standard InChI is InChI=1S/C10H11N3O2/c14-10(15)6-5-12-7-1-3-13-4-2-11-9(13)8(6)7/h5,12H,1-4H2,(H,14,15). The molecule has 0 unspecified atom stereocenters. The molecule has 0 aliphatic carbocycles. The van der Waals surface area contributed by atoms with Crippen molar-refractivity contribution in [1.29, 1.82) is 0 Å². The molecule has 2 aliphatic heterocycles. The number of hydrogen-bond acceptors (Lipinski definition) is 3. The smallest absolute Gasteiger partial charge is 0.337 e. The molecule has 0 atom stereocenters. The molecule has 0 saturated carbocycles. The van der Waals surface area contributed by atoms with Crippen LogP contribution in [0.1, 0.15) is 21.6 Å². The summed E-state index contributed by atoms with van der Waals surface area (Å²) in [5.41, 5.74) is 2.14. The Labute approximate surface area is 86.4 Å². The highest BCUT2D eigenvalue weighted by Gasteiger charge is 2.30. The minimum atomic E-state index is -0.885. The van der Waals surface area contributed by atoms with Crippen LogP contribution in [0.2, 0.25) is 0 Å². The normalized spacial score (nSPS) is 18.4. The Bertz CT molecular complexity index is 461. The fourth-order valence-electron chi connectivity index (χ4n) is 2.27. The molecule has 2 aliphatic rings. The molecule has 0 spiro atoms. The van der Waals surface area contributed by atoms with E-state index in [2.05, 4.69) is 14.9 Å². The van der Waals surface area contributed by atoms with E-state index in [0.29, 0.717) is 5.56 Å². The second-order valence-electron chi connectivity index (χ2n) is 3.80. The van der Waals surface area contributed by atoms with Gasteiger partial charge in [0, 0.05) is 31.4 Å². The molecule has 3 heterocycles. The number of hydrogen-bond donors (Lipinski definition) is 2. The first-order valence-electron chi connectivity index (χ1n) is 5.00. The van der Waals surface area contributed by atoms with Gasteiger partial charge < -0.3 is 15.0 Å². The Morgan fingerprint density at radius 1 is 1.53 bits per heavy atom. The maximum absolute atomic E-state index is 11.0. The highest BCUT2D eigenvalue weighted by molar-refractivity contribution is 6.09. The van der Waals surface area contributed by atoms with Crippen LogP contribution < -0.4 is 0 Å². The van der Waals surface area contributed by atoms with E-state index in [0.717, 1.165) is 43.1 Å². The second kappa shape index (κ2) is 2.85. The summed E-state index contributed by atoms with van der Waals surface area (Å²) in [7, 11) is 0. The predicted molar refractivity (Wildman–Crippen MR) is 54.4 cm³/mol. The van der Waals surface area contributed by atoms with Gasteiger partial charge in [0.2, 0.25) is 0 Å². The Hall–Kier alpha value is -1.78. The van der Waals surface area contributed by atoms with Crippen molar-refractivity contribution in [3.63, 3.8) is 0 Å². The molecule has 5 heteroatoms. The molecular weight excluding hydrogens is 194 g/mol. The summed E-state index contributed by atoms with van der Waals surface area (Å²) in [6.07, 6.45) is 2.44. The number of nitrogens with one attached hydrogen (secondary N) is 1. The molecule has 15 heavy (non-hydrogen) atoms. The number of aromatic amines is 1. The van der Waals surface area contributed by atoms with Crippen LogP contribution in [-0.2, 0) is 6.42 Å². The van der Waals surface area contributed by atoms with Crippen molar-refractivity contribution in [2.45, 2.75) is 6.42 Å². The van der Waals surface area contributed by atoms with Crippen molar-refractivity contribution in [2.75, 3.05) is 19.6 Å². The maximum atomic E-state index is 11.0. The highest BCUT2D eigenvalue weighted by atomic mass is 16.4. The lowest BCUT2D eigenvalue weighted by Gasteiger charge is -2.25. The van der Waals surface area contributed by atoms with Crippen molar-refractivity contribution in [1.82, 2.24) is 9.88 Å². The number of aromatic nitrogens is 1. The molecule has 5 nitrogen and oxygen atoms in total. The van der Waals surface area contributed by atoms with E-state index in [1.807, 2.05) is 0 Å². The fraction of sp³-hybridized carbons (Fsp3) is 0.400. The first-order chi connectivity index (χ1) is 7.27. The Morgan fingerprint density at radius 2 is 2.40 bits per heavy atom. The first kappa shape index (κ1) is 8.52. The minimum absolute atomic E-state index is 0.343. The van der Waals surface area contributed by atoms with Crippen molar-refractivity contribution in [2.24, 2.45) is 4.99 Å². The molecular formula is C10H11N3O2. The number of carbonyl (C=O) groups is 1. The van der Waals surface area contributed by atoms with Crippen molar-refractivity contribution < 1.29 is 9.90 Å². The molecule has 0 radical (unpaired) electrons. The molecule has 78 valence electrons. The van der Waals surface area contributed by atoms with E-state index >= 15 is 0 Å². The lowest BCUT2D eigenvalue weighted by atomic mass is 10.0. The molecule has 0 aromatic carbocycles. The Kier molecular flexibility index (Phi) is 1.62. The number of nitrogens with zero attached hydrogens (tertiary/aromatic N) is 2. The lowest BCUT2D eigenvalue weighted by molar-refractivity contribution is 0.0696. The number of amidine groups is 1.